The highest BCUT2D eigenvalue weighted by atomic mass is 16.2. The molecule has 0 aromatic carbocycles. The van der Waals surface area contributed by atoms with Crippen molar-refractivity contribution < 1.29 is 4.79 Å². The highest BCUT2D eigenvalue weighted by molar-refractivity contribution is 6.02. The van der Waals surface area contributed by atoms with Gasteiger partial charge in [0.2, 0.25) is 5.95 Å². The fourth-order valence-electron chi connectivity index (χ4n) is 3.76. The molecule has 4 aromatic rings. The molecule has 0 aliphatic carbocycles. The molecule has 0 spiro atoms. The topological polar surface area (TPSA) is 88.3 Å². The molecule has 32 heavy (non-hydrogen) atoms. The third-order valence-corrected chi connectivity index (χ3v) is 5.47. The number of amides is 1. The normalized spacial score (nSPS) is 13.8. The average Bonchev–Trinajstić information content (AvgIpc) is 3.24. The number of fused-ring (bicyclic) bond motifs is 1. The van der Waals surface area contributed by atoms with Crippen molar-refractivity contribution in [3.63, 3.8) is 0 Å². The van der Waals surface area contributed by atoms with E-state index in [0.717, 1.165) is 28.9 Å². The third kappa shape index (κ3) is 3.82. The number of rotatable bonds is 5. The first kappa shape index (κ1) is 19.9. The minimum atomic E-state index is -0.0226. The molecule has 0 bridgehead atoms. The summed E-state index contributed by atoms with van der Waals surface area (Å²) in [4.78, 5) is 27.2. The van der Waals surface area contributed by atoms with Crippen LogP contribution in [-0.2, 0) is 4.79 Å². The van der Waals surface area contributed by atoms with Gasteiger partial charge in [-0.3, -0.25) is 4.79 Å². The molecule has 0 fully saturated rings. The van der Waals surface area contributed by atoms with E-state index >= 15 is 0 Å². The molecule has 1 N–H and O–H groups in total. The van der Waals surface area contributed by atoms with E-state index in [1.165, 1.54) is 5.56 Å². The molecule has 0 saturated carbocycles. The van der Waals surface area contributed by atoms with Gasteiger partial charge >= 0.3 is 0 Å². The molecular formula is C24H23N7O. The van der Waals surface area contributed by atoms with Gasteiger partial charge in [0, 0.05) is 30.1 Å². The van der Waals surface area contributed by atoms with Crippen LogP contribution in [0.3, 0.4) is 0 Å². The number of carbonyl (C=O) groups is 1. The van der Waals surface area contributed by atoms with Gasteiger partial charge in [-0.2, -0.15) is 5.10 Å². The van der Waals surface area contributed by atoms with Crippen LogP contribution in [0.1, 0.15) is 31.7 Å². The maximum atomic E-state index is 12.0. The molecule has 0 unspecified atom stereocenters. The van der Waals surface area contributed by atoms with Crippen molar-refractivity contribution in [1.82, 2.24) is 24.6 Å². The maximum Gasteiger partial charge on any atom is 0.250 e. The zero-order valence-corrected chi connectivity index (χ0v) is 17.9. The van der Waals surface area contributed by atoms with Gasteiger partial charge < -0.3 is 10.2 Å². The lowest BCUT2D eigenvalue weighted by molar-refractivity contribution is -0.114. The monoisotopic (exact) mass is 425 g/mol. The van der Waals surface area contributed by atoms with Crippen LogP contribution in [0.5, 0.6) is 0 Å². The van der Waals surface area contributed by atoms with Gasteiger partial charge in [-0.05, 0) is 48.7 Å². The van der Waals surface area contributed by atoms with E-state index in [2.05, 4.69) is 45.3 Å². The Morgan fingerprint density at radius 1 is 1.09 bits per heavy atom. The number of anilines is 3. The second-order valence-corrected chi connectivity index (χ2v) is 7.97. The SMILES string of the molecule is CC(C)c1cnn2ccc(-c3ccnc(Nc4ccc(N5CCC=CC5=O)cn4)n3)cc12. The Balaban J connectivity index is 1.38. The molecule has 1 aliphatic heterocycles. The predicted molar refractivity (Wildman–Crippen MR) is 124 cm³/mol. The molecule has 0 atom stereocenters. The van der Waals surface area contributed by atoms with Crippen molar-refractivity contribution in [2.24, 2.45) is 0 Å². The summed E-state index contributed by atoms with van der Waals surface area (Å²) in [6.07, 6.45) is 11.6. The van der Waals surface area contributed by atoms with Crippen LogP contribution in [0.4, 0.5) is 17.5 Å². The molecule has 5 heterocycles. The van der Waals surface area contributed by atoms with Crippen molar-refractivity contribution in [3.05, 3.63) is 72.8 Å². The number of hydrogen-bond donors (Lipinski definition) is 1. The lowest BCUT2D eigenvalue weighted by Crippen LogP contribution is -2.32. The molecule has 160 valence electrons. The Hall–Kier alpha value is -4.07. The molecule has 1 aliphatic rings. The van der Waals surface area contributed by atoms with E-state index in [1.807, 2.05) is 47.3 Å². The van der Waals surface area contributed by atoms with E-state index in [4.69, 9.17) is 0 Å². The second kappa shape index (κ2) is 8.22. The summed E-state index contributed by atoms with van der Waals surface area (Å²) in [5.74, 6) is 1.43. The Morgan fingerprint density at radius 2 is 2.00 bits per heavy atom. The Bertz CT molecular complexity index is 1310. The van der Waals surface area contributed by atoms with Crippen LogP contribution in [0.2, 0.25) is 0 Å². The molecular weight excluding hydrogens is 402 g/mol. The van der Waals surface area contributed by atoms with E-state index in [0.29, 0.717) is 24.2 Å². The molecule has 4 aromatic heterocycles. The first-order valence-corrected chi connectivity index (χ1v) is 10.6. The summed E-state index contributed by atoms with van der Waals surface area (Å²) >= 11 is 0. The summed E-state index contributed by atoms with van der Waals surface area (Å²) in [6.45, 7) is 4.98. The summed E-state index contributed by atoms with van der Waals surface area (Å²) < 4.78 is 1.88. The first-order valence-electron chi connectivity index (χ1n) is 10.6. The number of hydrogen-bond acceptors (Lipinski definition) is 6. The Labute approximate surface area is 185 Å². The molecule has 8 nitrogen and oxygen atoms in total. The first-order chi connectivity index (χ1) is 15.6. The Kier molecular flexibility index (Phi) is 5.10. The standard InChI is InChI=1S/C24H23N7O/c1-16(2)19-15-27-31-12-9-17(13-21(19)31)20-8-10-25-24(28-20)29-22-7-6-18(14-26-22)30-11-4-3-5-23(30)32/h3,5-10,12-16H,4,11H2,1-2H3,(H,25,26,28,29). The Morgan fingerprint density at radius 3 is 2.78 bits per heavy atom. The van der Waals surface area contributed by atoms with E-state index in [9.17, 15) is 4.79 Å². The lowest BCUT2D eigenvalue weighted by atomic mass is 10.0. The second-order valence-electron chi connectivity index (χ2n) is 7.97. The molecule has 0 radical (unpaired) electrons. The van der Waals surface area contributed by atoms with Gasteiger partial charge in [-0.15, -0.1) is 0 Å². The van der Waals surface area contributed by atoms with Crippen molar-refractivity contribution in [2.45, 2.75) is 26.2 Å². The van der Waals surface area contributed by atoms with Crippen molar-refractivity contribution in [3.8, 4) is 11.3 Å². The van der Waals surface area contributed by atoms with Gasteiger partial charge in [-0.1, -0.05) is 19.9 Å². The van der Waals surface area contributed by atoms with Crippen molar-refractivity contribution >= 4 is 28.9 Å². The van der Waals surface area contributed by atoms with E-state index in [1.54, 1.807) is 23.4 Å². The summed E-state index contributed by atoms with van der Waals surface area (Å²) in [5, 5.41) is 7.58. The number of nitrogens with one attached hydrogen (secondary N) is 1. The fraction of sp³-hybridized carbons (Fsp3) is 0.208. The average molecular weight is 425 g/mol. The van der Waals surface area contributed by atoms with Gasteiger partial charge in [0.15, 0.2) is 0 Å². The van der Waals surface area contributed by atoms with E-state index in [-0.39, 0.29) is 5.91 Å². The van der Waals surface area contributed by atoms with Crippen molar-refractivity contribution in [2.75, 3.05) is 16.8 Å². The zero-order valence-electron chi connectivity index (χ0n) is 17.9. The van der Waals surface area contributed by atoms with Crippen LogP contribution >= 0.6 is 0 Å². The number of nitrogens with zero attached hydrogens (tertiary/aromatic N) is 6. The van der Waals surface area contributed by atoms with Gasteiger partial charge in [0.05, 0.1) is 29.3 Å². The van der Waals surface area contributed by atoms with E-state index < -0.39 is 0 Å². The third-order valence-electron chi connectivity index (χ3n) is 5.47. The minimum Gasteiger partial charge on any atom is -0.309 e. The van der Waals surface area contributed by atoms with Crippen molar-refractivity contribution in [1.29, 1.82) is 0 Å². The van der Waals surface area contributed by atoms with Gasteiger partial charge in [0.25, 0.3) is 5.91 Å². The molecule has 5 rings (SSSR count). The summed E-state index contributed by atoms with van der Waals surface area (Å²) in [7, 11) is 0. The molecule has 0 saturated heterocycles. The quantitative estimate of drug-likeness (QED) is 0.512. The largest absolute Gasteiger partial charge is 0.309 e. The van der Waals surface area contributed by atoms with Crippen LogP contribution in [0, 0.1) is 0 Å². The highest BCUT2D eigenvalue weighted by Gasteiger charge is 2.16. The highest BCUT2D eigenvalue weighted by Crippen LogP contribution is 2.26. The van der Waals surface area contributed by atoms with Gasteiger partial charge in [0.1, 0.15) is 5.82 Å². The lowest BCUT2D eigenvalue weighted by Gasteiger charge is -2.23. The van der Waals surface area contributed by atoms with Crippen LogP contribution in [0.15, 0.2) is 67.3 Å². The predicted octanol–water partition coefficient (Wildman–Crippen LogP) is 4.35. The number of pyridine rings is 2. The van der Waals surface area contributed by atoms with Crippen LogP contribution < -0.4 is 10.2 Å². The summed E-state index contributed by atoms with van der Waals surface area (Å²) in [6, 6.07) is 9.68. The summed E-state index contributed by atoms with van der Waals surface area (Å²) in [5.41, 5.74) is 4.85. The van der Waals surface area contributed by atoms with Crippen LogP contribution in [-0.4, -0.2) is 37.0 Å². The number of carbonyl (C=O) groups excluding carboxylic acids is 1. The number of aromatic nitrogens is 5. The van der Waals surface area contributed by atoms with Crippen LogP contribution in [0.25, 0.3) is 16.8 Å². The fourth-order valence-corrected chi connectivity index (χ4v) is 3.76. The zero-order chi connectivity index (χ0) is 22.1. The molecule has 1 amide bonds. The van der Waals surface area contributed by atoms with Gasteiger partial charge in [-0.25, -0.2) is 19.5 Å². The maximum absolute atomic E-state index is 12.0. The molecule has 8 heteroatoms. The smallest absolute Gasteiger partial charge is 0.250 e. The minimum absolute atomic E-state index is 0.0226.